The molecule has 1 amide bonds. The maximum atomic E-state index is 12.4. The molecule has 2 rings (SSSR count). The van der Waals surface area contributed by atoms with Gasteiger partial charge in [-0.05, 0) is 18.2 Å². The second-order valence-electron chi connectivity index (χ2n) is 5.23. The highest BCUT2D eigenvalue weighted by Crippen LogP contribution is 2.22. The molecule has 1 saturated heterocycles. The number of methoxy groups -OCH3 is 1. The third-order valence-corrected chi connectivity index (χ3v) is 3.62. The van der Waals surface area contributed by atoms with Crippen LogP contribution >= 0.6 is 0 Å². The Balaban J connectivity index is 2.04. The molecule has 1 N–H and O–H groups in total. The molecule has 1 fully saturated rings. The lowest BCUT2D eigenvalue weighted by Gasteiger charge is -2.35. The van der Waals surface area contributed by atoms with Crippen LogP contribution in [0.15, 0.2) is 24.3 Å². The lowest BCUT2D eigenvalue weighted by molar-refractivity contribution is -0.0734. The van der Waals surface area contributed by atoms with Gasteiger partial charge in [0.15, 0.2) is 0 Å². The van der Waals surface area contributed by atoms with Gasteiger partial charge >= 0.3 is 0 Å². The van der Waals surface area contributed by atoms with Crippen molar-refractivity contribution in [3.8, 4) is 5.75 Å². The van der Waals surface area contributed by atoms with Crippen LogP contribution in [0, 0.1) is 0 Å². The molecule has 0 aromatic heterocycles. The minimum atomic E-state index is -0.846. The second-order valence-corrected chi connectivity index (χ2v) is 5.23. The Labute approximate surface area is 119 Å². The van der Waals surface area contributed by atoms with Gasteiger partial charge in [-0.15, -0.1) is 0 Å². The van der Waals surface area contributed by atoms with E-state index in [4.69, 9.17) is 9.47 Å². The van der Waals surface area contributed by atoms with Crippen LogP contribution in [0.4, 0.5) is 0 Å². The van der Waals surface area contributed by atoms with Crippen molar-refractivity contribution in [2.24, 2.45) is 0 Å². The summed E-state index contributed by atoms with van der Waals surface area (Å²) >= 11 is 0. The minimum Gasteiger partial charge on any atom is -0.497 e. The number of nitrogens with zero attached hydrogens (tertiary/aromatic N) is 1. The third-order valence-electron chi connectivity index (χ3n) is 3.62. The molecular weight excluding hydrogens is 258 g/mol. The summed E-state index contributed by atoms with van der Waals surface area (Å²) < 4.78 is 10.4. The number of benzene rings is 1. The minimum absolute atomic E-state index is 0.121. The molecule has 1 aromatic carbocycles. The molecule has 5 heteroatoms. The zero-order valence-electron chi connectivity index (χ0n) is 12.0. The van der Waals surface area contributed by atoms with Gasteiger partial charge in [0, 0.05) is 45.2 Å². The Morgan fingerprint density at radius 1 is 1.45 bits per heavy atom. The number of hydrogen-bond acceptors (Lipinski definition) is 4. The molecule has 0 bridgehead atoms. The van der Waals surface area contributed by atoms with Crippen molar-refractivity contribution in [3.05, 3.63) is 29.8 Å². The van der Waals surface area contributed by atoms with Crippen LogP contribution in [-0.4, -0.2) is 55.4 Å². The largest absolute Gasteiger partial charge is 0.497 e. The fourth-order valence-electron chi connectivity index (χ4n) is 2.40. The molecule has 0 unspecified atom stereocenters. The maximum Gasteiger partial charge on any atom is 0.253 e. The first-order chi connectivity index (χ1) is 9.54. The molecule has 20 heavy (non-hydrogen) atoms. The number of ether oxygens (including phenoxy) is 2. The maximum absolute atomic E-state index is 12.4. The average Bonchev–Trinajstić information content (AvgIpc) is 2.46. The Kier molecular flexibility index (Phi) is 4.62. The van der Waals surface area contributed by atoms with E-state index in [9.17, 15) is 9.90 Å². The summed E-state index contributed by atoms with van der Waals surface area (Å²) in [5, 5.41) is 10.4. The van der Waals surface area contributed by atoms with Crippen LogP contribution in [0.3, 0.4) is 0 Å². The van der Waals surface area contributed by atoms with E-state index in [2.05, 4.69) is 0 Å². The first-order valence-electron chi connectivity index (χ1n) is 6.74. The van der Waals surface area contributed by atoms with Crippen molar-refractivity contribution in [1.29, 1.82) is 0 Å². The van der Waals surface area contributed by atoms with Crippen LogP contribution in [0.25, 0.3) is 0 Å². The Bertz CT molecular complexity index is 469. The monoisotopic (exact) mass is 279 g/mol. The topological polar surface area (TPSA) is 59.0 Å². The van der Waals surface area contributed by atoms with E-state index in [-0.39, 0.29) is 5.91 Å². The molecule has 0 spiro atoms. The van der Waals surface area contributed by atoms with E-state index in [1.807, 2.05) is 0 Å². The van der Waals surface area contributed by atoms with Gasteiger partial charge in [0.25, 0.3) is 5.91 Å². The number of carbonyl (C=O) groups is 1. The van der Waals surface area contributed by atoms with Crippen molar-refractivity contribution in [2.45, 2.75) is 18.4 Å². The van der Waals surface area contributed by atoms with E-state index in [1.54, 1.807) is 43.3 Å². The van der Waals surface area contributed by atoms with E-state index >= 15 is 0 Å². The number of rotatable bonds is 4. The van der Waals surface area contributed by atoms with Crippen LogP contribution in [0.5, 0.6) is 5.75 Å². The Morgan fingerprint density at radius 2 is 2.15 bits per heavy atom. The number of amides is 1. The van der Waals surface area contributed by atoms with Gasteiger partial charge in [0.1, 0.15) is 5.75 Å². The van der Waals surface area contributed by atoms with Crippen molar-refractivity contribution >= 4 is 5.91 Å². The molecule has 1 heterocycles. The fraction of sp³-hybridized carbons (Fsp3) is 0.533. The van der Waals surface area contributed by atoms with E-state index < -0.39 is 5.60 Å². The smallest absolute Gasteiger partial charge is 0.253 e. The highest BCUT2D eigenvalue weighted by molar-refractivity contribution is 5.94. The molecule has 1 aliphatic heterocycles. The Morgan fingerprint density at radius 3 is 2.80 bits per heavy atom. The average molecular weight is 279 g/mol. The zero-order valence-corrected chi connectivity index (χ0v) is 12.0. The van der Waals surface area contributed by atoms with Gasteiger partial charge < -0.3 is 19.5 Å². The fourth-order valence-corrected chi connectivity index (χ4v) is 2.40. The zero-order chi connectivity index (χ0) is 14.6. The lowest BCUT2D eigenvalue weighted by Crippen LogP contribution is -2.47. The quantitative estimate of drug-likeness (QED) is 0.903. The van der Waals surface area contributed by atoms with E-state index in [0.717, 1.165) is 0 Å². The van der Waals surface area contributed by atoms with E-state index in [1.165, 1.54) is 0 Å². The van der Waals surface area contributed by atoms with Gasteiger partial charge in [0.2, 0.25) is 0 Å². The summed E-state index contributed by atoms with van der Waals surface area (Å²) in [7, 11) is 3.27. The summed E-state index contributed by atoms with van der Waals surface area (Å²) in [5.74, 6) is 0.526. The normalized spacial score (nSPS) is 17.6. The lowest BCUT2D eigenvalue weighted by atomic mass is 9.93. The SMILES string of the molecule is COc1cccc(C(=O)N(C)CC2(O)CCOCC2)c1. The van der Waals surface area contributed by atoms with Crippen LogP contribution in [-0.2, 0) is 4.74 Å². The predicted molar refractivity (Wildman–Crippen MR) is 75.0 cm³/mol. The molecule has 0 aliphatic carbocycles. The van der Waals surface area contributed by atoms with Crippen LogP contribution < -0.4 is 4.74 Å². The molecule has 5 nitrogen and oxygen atoms in total. The van der Waals surface area contributed by atoms with Gasteiger partial charge in [-0.2, -0.15) is 0 Å². The highest BCUT2D eigenvalue weighted by atomic mass is 16.5. The van der Waals surface area contributed by atoms with Gasteiger partial charge in [-0.1, -0.05) is 6.07 Å². The first-order valence-corrected chi connectivity index (χ1v) is 6.74. The molecule has 0 radical (unpaired) electrons. The number of hydrogen-bond donors (Lipinski definition) is 1. The second kappa shape index (κ2) is 6.24. The summed E-state index contributed by atoms with van der Waals surface area (Å²) in [4.78, 5) is 13.9. The highest BCUT2D eigenvalue weighted by Gasteiger charge is 2.32. The predicted octanol–water partition coefficient (Wildman–Crippen LogP) is 1.31. The third kappa shape index (κ3) is 3.49. The summed E-state index contributed by atoms with van der Waals surface area (Å²) in [5.41, 5.74) is -0.288. The van der Waals surface area contributed by atoms with Crippen molar-refractivity contribution in [1.82, 2.24) is 4.90 Å². The van der Waals surface area contributed by atoms with Crippen LogP contribution in [0.1, 0.15) is 23.2 Å². The van der Waals surface area contributed by atoms with E-state index in [0.29, 0.717) is 43.9 Å². The van der Waals surface area contributed by atoms with Crippen molar-refractivity contribution in [2.75, 3.05) is 33.9 Å². The number of carbonyl (C=O) groups excluding carboxylic acids is 1. The summed E-state index contributed by atoms with van der Waals surface area (Å²) in [6, 6.07) is 7.02. The molecular formula is C15H21NO4. The Hall–Kier alpha value is -1.59. The van der Waals surface area contributed by atoms with Crippen molar-refractivity contribution in [3.63, 3.8) is 0 Å². The number of likely N-dealkylation sites (N-methyl/N-ethyl adjacent to an activating group) is 1. The van der Waals surface area contributed by atoms with Crippen molar-refractivity contribution < 1.29 is 19.4 Å². The molecule has 110 valence electrons. The number of aliphatic hydroxyl groups is 1. The van der Waals surface area contributed by atoms with Gasteiger partial charge in [-0.3, -0.25) is 4.79 Å². The summed E-state index contributed by atoms with van der Waals surface area (Å²) in [6.45, 7) is 1.39. The van der Waals surface area contributed by atoms with Gasteiger partial charge in [-0.25, -0.2) is 0 Å². The molecule has 0 atom stereocenters. The standard InChI is InChI=1S/C15H21NO4/c1-16(11-15(18)6-8-20-9-7-15)14(17)12-4-3-5-13(10-12)19-2/h3-5,10,18H,6-9,11H2,1-2H3. The molecule has 0 saturated carbocycles. The first kappa shape index (κ1) is 14.8. The molecule has 1 aliphatic rings. The van der Waals surface area contributed by atoms with Gasteiger partial charge in [0.05, 0.1) is 12.7 Å². The molecule has 1 aromatic rings. The van der Waals surface area contributed by atoms with Crippen LogP contribution in [0.2, 0.25) is 0 Å². The summed E-state index contributed by atoms with van der Waals surface area (Å²) in [6.07, 6.45) is 1.12.